The summed E-state index contributed by atoms with van der Waals surface area (Å²) in [6, 6.07) is 5.52. The fourth-order valence-electron chi connectivity index (χ4n) is 1.92. The molecule has 0 radical (unpaired) electrons. The minimum atomic E-state index is -0.369. The molecule has 2 N–H and O–H groups in total. The van der Waals surface area contributed by atoms with Crippen LogP contribution in [0.5, 0.6) is 0 Å². The molecule has 2 rings (SSSR count). The molecule has 19 heavy (non-hydrogen) atoms. The molecule has 102 valence electrons. The highest BCUT2D eigenvalue weighted by molar-refractivity contribution is 5.96. The maximum atomic E-state index is 13.0. The minimum Gasteiger partial charge on any atom is -0.451 e. The zero-order chi connectivity index (χ0) is 13.8. The summed E-state index contributed by atoms with van der Waals surface area (Å²) in [6.07, 6.45) is 1.22. The molecule has 0 aliphatic rings. The van der Waals surface area contributed by atoms with E-state index in [-0.39, 0.29) is 30.1 Å². The third-order valence-corrected chi connectivity index (χ3v) is 3.01. The highest BCUT2D eigenvalue weighted by Crippen LogP contribution is 2.20. The Labute approximate surface area is 110 Å². The summed E-state index contributed by atoms with van der Waals surface area (Å²) in [4.78, 5) is 12.0. The normalized spacial score (nSPS) is 12.6. The third-order valence-electron chi connectivity index (χ3n) is 3.01. The summed E-state index contributed by atoms with van der Waals surface area (Å²) in [5, 5.41) is 12.2. The molecule has 0 bridgehead atoms. The lowest BCUT2D eigenvalue weighted by molar-refractivity contribution is 0.0903. The van der Waals surface area contributed by atoms with Gasteiger partial charge in [-0.3, -0.25) is 4.79 Å². The van der Waals surface area contributed by atoms with Gasteiger partial charge < -0.3 is 14.8 Å². The van der Waals surface area contributed by atoms with Crippen LogP contribution < -0.4 is 5.32 Å². The Balaban J connectivity index is 2.17. The van der Waals surface area contributed by atoms with Crippen LogP contribution in [0.3, 0.4) is 0 Å². The van der Waals surface area contributed by atoms with E-state index < -0.39 is 0 Å². The Morgan fingerprint density at radius 2 is 2.26 bits per heavy atom. The van der Waals surface area contributed by atoms with Crippen LogP contribution in [-0.4, -0.2) is 23.7 Å². The summed E-state index contributed by atoms with van der Waals surface area (Å²) < 4.78 is 18.4. The van der Waals surface area contributed by atoms with E-state index in [1.165, 1.54) is 24.3 Å². The Hall–Kier alpha value is -1.88. The molecule has 5 heteroatoms. The van der Waals surface area contributed by atoms with Crippen molar-refractivity contribution in [1.29, 1.82) is 0 Å². The first-order chi connectivity index (χ1) is 9.13. The molecule has 0 aliphatic heterocycles. The van der Waals surface area contributed by atoms with Gasteiger partial charge in [0.2, 0.25) is 0 Å². The van der Waals surface area contributed by atoms with E-state index >= 15 is 0 Å². The fraction of sp³-hybridized carbons (Fsp3) is 0.357. The number of hydrogen-bond acceptors (Lipinski definition) is 3. The van der Waals surface area contributed by atoms with E-state index in [1.807, 2.05) is 6.92 Å². The number of rotatable bonds is 5. The van der Waals surface area contributed by atoms with E-state index in [4.69, 9.17) is 9.52 Å². The van der Waals surface area contributed by atoms with E-state index in [0.717, 1.165) is 6.42 Å². The summed E-state index contributed by atoms with van der Waals surface area (Å²) in [6.45, 7) is 1.94. The topological polar surface area (TPSA) is 62.5 Å². The Bertz CT molecular complexity index is 579. The lowest BCUT2D eigenvalue weighted by Gasteiger charge is -2.14. The number of hydrogen-bond donors (Lipinski definition) is 2. The van der Waals surface area contributed by atoms with Gasteiger partial charge in [-0.05, 0) is 37.1 Å². The second-order valence-corrected chi connectivity index (χ2v) is 4.38. The van der Waals surface area contributed by atoms with Gasteiger partial charge in [0.25, 0.3) is 5.91 Å². The number of halogens is 1. The van der Waals surface area contributed by atoms with Crippen molar-refractivity contribution in [2.75, 3.05) is 6.61 Å². The average molecular weight is 265 g/mol. The quantitative estimate of drug-likeness (QED) is 0.873. The van der Waals surface area contributed by atoms with Gasteiger partial charge in [0.15, 0.2) is 5.76 Å². The standard InChI is InChI=1S/C14H16FNO3/c1-2-11(5-6-17)16-14(18)13-8-9-7-10(15)3-4-12(9)19-13/h3-4,7-8,11,17H,2,5-6H2,1H3,(H,16,18). The third kappa shape index (κ3) is 3.12. The minimum absolute atomic E-state index is 0.0180. The van der Waals surface area contributed by atoms with Crippen molar-refractivity contribution in [2.24, 2.45) is 0 Å². The molecule has 4 nitrogen and oxygen atoms in total. The van der Waals surface area contributed by atoms with Crippen LogP contribution in [0.1, 0.15) is 30.3 Å². The molecule has 0 saturated heterocycles. The van der Waals surface area contributed by atoms with Gasteiger partial charge in [0.1, 0.15) is 11.4 Å². The number of furan rings is 1. The number of nitrogens with one attached hydrogen (secondary N) is 1. The van der Waals surface area contributed by atoms with Crippen LogP contribution in [0, 0.1) is 5.82 Å². The fourth-order valence-corrected chi connectivity index (χ4v) is 1.92. The van der Waals surface area contributed by atoms with Crippen LogP contribution >= 0.6 is 0 Å². The maximum Gasteiger partial charge on any atom is 0.287 e. The highest BCUT2D eigenvalue weighted by atomic mass is 19.1. The number of amides is 1. The monoisotopic (exact) mass is 265 g/mol. The highest BCUT2D eigenvalue weighted by Gasteiger charge is 2.16. The molecule has 2 aromatic rings. The van der Waals surface area contributed by atoms with Crippen molar-refractivity contribution in [3.8, 4) is 0 Å². The molecular weight excluding hydrogens is 249 g/mol. The summed E-state index contributed by atoms with van der Waals surface area (Å²) >= 11 is 0. The first-order valence-electron chi connectivity index (χ1n) is 6.25. The first kappa shape index (κ1) is 13.5. The lowest BCUT2D eigenvalue weighted by Crippen LogP contribution is -2.34. The Morgan fingerprint density at radius 3 is 2.95 bits per heavy atom. The van der Waals surface area contributed by atoms with Gasteiger partial charge >= 0.3 is 0 Å². The SMILES string of the molecule is CCC(CCO)NC(=O)c1cc2cc(F)ccc2o1. The number of aliphatic hydroxyl groups is 1. The molecule has 1 amide bonds. The summed E-state index contributed by atoms with van der Waals surface area (Å²) in [5.74, 6) is -0.569. The van der Waals surface area contributed by atoms with Crippen LogP contribution in [0.15, 0.2) is 28.7 Å². The lowest BCUT2D eigenvalue weighted by atomic mass is 10.1. The number of carbonyl (C=O) groups is 1. The average Bonchev–Trinajstić information content (AvgIpc) is 2.81. The van der Waals surface area contributed by atoms with Gasteiger partial charge in [0, 0.05) is 18.0 Å². The molecule has 0 saturated carbocycles. The van der Waals surface area contributed by atoms with Gasteiger partial charge in [-0.25, -0.2) is 4.39 Å². The number of aliphatic hydroxyl groups excluding tert-OH is 1. The molecule has 1 unspecified atom stereocenters. The van der Waals surface area contributed by atoms with Crippen LogP contribution in [-0.2, 0) is 0 Å². The van der Waals surface area contributed by atoms with E-state index in [9.17, 15) is 9.18 Å². The second-order valence-electron chi connectivity index (χ2n) is 4.38. The summed E-state index contributed by atoms with van der Waals surface area (Å²) in [7, 11) is 0. The second kappa shape index (κ2) is 5.84. The maximum absolute atomic E-state index is 13.0. The molecule has 1 aromatic heterocycles. The van der Waals surface area contributed by atoms with Gasteiger partial charge in [-0.1, -0.05) is 6.92 Å². The molecule has 1 heterocycles. The molecule has 1 atom stereocenters. The van der Waals surface area contributed by atoms with Crippen molar-refractivity contribution in [1.82, 2.24) is 5.32 Å². The zero-order valence-corrected chi connectivity index (χ0v) is 10.6. The van der Waals surface area contributed by atoms with Gasteiger partial charge in [-0.15, -0.1) is 0 Å². The zero-order valence-electron chi connectivity index (χ0n) is 10.6. The van der Waals surface area contributed by atoms with Gasteiger partial charge in [0.05, 0.1) is 0 Å². The van der Waals surface area contributed by atoms with Gasteiger partial charge in [-0.2, -0.15) is 0 Å². The predicted molar refractivity (Wildman–Crippen MR) is 69.4 cm³/mol. The molecule has 0 aliphatic carbocycles. The van der Waals surface area contributed by atoms with Crippen LogP contribution in [0.2, 0.25) is 0 Å². The van der Waals surface area contributed by atoms with E-state index in [1.54, 1.807) is 0 Å². The van der Waals surface area contributed by atoms with E-state index in [2.05, 4.69) is 5.32 Å². The van der Waals surface area contributed by atoms with Crippen molar-refractivity contribution in [3.63, 3.8) is 0 Å². The Kier molecular flexibility index (Phi) is 4.16. The molecule has 0 spiro atoms. The smallest absolute Gasteiger partial charge is 0.287 e. The number of benzene rings is 1. The van der Waals surface area contributed by atoms with Crippen molar-refractivity contribution < 1.29 is 18.7 Å². The van der Waals surface area contributed by atoms with Crippen molar-refractivity contribution >= 4 is 16.9 Å². The van der Waals surface area contributed by atoms with Crippen LogP contribution in [0.4, 0.5) is 4.39 Å². The number of fused-ring (bicyclic) bond motifs is 1. The van der Waals surface area contributed by atoms with Crippen molar-refractivity contribution in [2.45, 2.75) is 25.8 Å². The molecule has 0 fully saturated rings. The van der Waals surface area contributed by atoms with E-state index in [0.29, 0.717) is 17.4 Å². The van der Waals surface area contributed by atoms with Crippen molar-refractivity contribution in [3.05, 3.63) is 35.8 Å². The Morgan fingerprint density at radius 1 is 1.47 bits per heavy atom. The predicted octanol–water partition coefficient (Wildman–Crippen LogP) is 2.46. The number of carbonyl (C=O) groups excluding carboxylic acids is 1. The molecule has 1 aromatic carbocycles. The first-order valence-corrected chi connectivity index (χ1v) is 6.25. The van der Waals surface area contributed by atoms with Crippen LogP contribution in [0.25, 0.3) is 11.0 Å². The molecular formula is C14H16FNO3. The summed E-state index contributed by atoms with van der Waals surface area (Å²) in [5.41, 5.74) is 0.474. The largest absolute Gasteiger partial charge is 0.451 e.